The van der Waals surface area contributed by atoms with Crippen LogP contribution >= 0.6 is 11.6 Å². The normalized spacial score (nSPS) is 15.8. The van der Waals surface area contributed by atoms with E-state index in [0.29, 0.717) is 12.3 Å². The zero-order valence-corrected chi connectivity index (χ0v) is 18.5. The smallest absolute Gasteiger partial charge is 0.152 e. The second-order valence-electron chi connectivity index (χ2n) is 8.22. The van der Waals surface area contributed by atoms with Crippen LogP contribution < -0.4 is 0 Å². The Morgan fingerprint density at radius 1 is 1.23 bits per heavy atom. The van der Waals surface area contributed by atoms with Crippen LogP contribution in [0.5, 0.6) is 0 Å². The van der Waals surface area contributed by atoms with E-state index in [1.54, 1.807) is 6.92 Å². The van der Waals surface area contributed by atoms with Crippen LogP contribution in [0.15, 0.2) is 34.7 Å². The molecule has 0 amide bonds. The molecule has 0 spiro atoms. The fourth-order valence-corrected chi connectivity index (χ4v) is 3.19. The van der Waals surface area contributed by atoms with E-state index in [2.05, 4.69) is 26.3 Å². The SMILES string of the molecule is CC(=NOCC(C)(C)CON=C1CCCc2ccc(C)nc21)c1ncc(Cl)cc1F. The van der Waals surface area contributed by atoms with Crippen molar-refractivity contribution in [3.63, 3.8) is 0 Å². The summed E-state index contributed by atoms with van der Waals surface area (Å²) in [6.07, 6.45) is 4.27. The fraction of sp³-hybridized carbons (Fsp3) is 0.455. The Balaban J connectivity index is 1.56. The molecule has 0 bridgehead atoms. The van der Waals surface area contributed by atoms with Crippen LogP contribution in [0.2, 0.25) is 5.02 Å². The maximum atomic E-state index is 13.9. The van der Waals surface area contributed by atoms with Gasteiger partial charge in [-0.1, -0.05) is 41.8 Å². The first-order valence-corrected chi connectivity index (χ1v) is 10.3. The molecule has 160 valence electrons. The van der Waals surface area contributed by atoms with Crippen molar-refractivity contribution >= 4 is 23.0 Å². The molecule has 2 heterocycles. The van der Waals surface area contributed by atoms with Gasteiger partial charge in [0.15, 0.2) is 5.82 Å². The van der Waals surface area contributed by atoms with Gasteiger partial charge in [-0.15, -0.1) is 0 Å². The lowest BCUT2D eigenvalue weighted by Gasteiger charge is -2.22. The molecule has 2 aromatic heterocycles. The molecule has 6 nitrogen and oxygen atoms in total. The monoisotopic (exact) mass is 432 g/mol. The number of rotatable bonds is 7. The maximum Gasteiger partial charge on any atom is 0.152 e. The lowest BCUT2D eigenvalue weighted by Crippen LogP contribution is -2.24. The number of halogens is 2. The molecule has 1 aliphatic rings. The first kappa shape index (κ1) is 22.2. The van der Waals surface area contributed by atoms with E-state index >= 15 is 0 Å². The third-order valence-corrected chi connectivity index (χ3v) is 4.90. The molecule has 0 fully saturated rings. The summed E-state index contributed by atoms with van der Waals surface area (Å²) in [5.74, 6) is -0.539. The number of nitrogens with zero attached hydrogens (tertiary/aromatic N) is 4. The van der Waals surface area contributed by atoms with Gasteiger partial charge < -0.3 is 9.68 Å². The van der Waals surface area contributed by atoms with Crippen LogP contribution in [0.4, 0.5) is 4.39 Å². The van der Waals surface area contributed by atoms with Gasteiger partial charge in [0.2, 0.25) is 0 Å². The predicted octanol–water partition coefficient (Wildman–Crippen LogP) is 5.10. The van der Waals surface area contributed by atoms with Gasteiger partial charge in [-0.3, -0.25) is 9.97 Å². The van der Waals surface area contributed by atoms with Crippen molar-refractivity contribution in [3.05, 3.63) is 57.9 Å². The molecule has 30 heavy (non-hydrogen) atoms. The second-order valence-corrected chi connectivity index (χ2v) is 8.66. The molecule has 8 heteroatoms. The number of pyridine rings is 2. The maximum absolute atomic E-state index is 13.9. The van der Waals surface area contributed by atoms with Crippen LogP contribution in [0.3, 0.4) is 0 Å². The van der Waals surface area contributed by atoms with E-state index in [-0.39, 0.29) is 22.7 Å². The fourth-order valence-electron chi connectivity index (χ4n) is 3.05. The summed E-state index contributed by atoms with van der Waals surface area (Å²) >= 11 is 5.72. The van der Waals surface area contributed by atoms with Gasteiger partial charge in [-0.25, -0.2) is 4.39 Å². The lowest BCUT2D eigenvalue weighted by atomic mass is 9.94. The van der Waals surface area contributed by atoms with Crippen molar-refractivity contribution in [3.8, 4) is 0 Å². The van der Waals surface area contributed by atoms with E-state index < -0.39 is 5.82 Å². The number of aryl methyl sites for hydroxylation is 2. The van der Waals surface area contributed by atoms with Gasteiger partial charge in [-0.05, 0) is 50.8 Å². The molecule has 0 unspecified atom stereocenters. The number of fused-ring (bicyclic) bond motifs is 1. The average Bonchev–Trinajstić information content (AvgIpc) is 2.68. The molecule has 3 rings (SSSR count). The predicted molar refractivity (Wildman–Crippen MR) is 116 cm³/mol. The molecule has 0 N–H and O–H groups in total. The van der Waals surface area contributed by atoms with Gasteiger partial charge in [0, 0.05) is 17.3 Å². The molecule has 0 aromatic carbocycles. The first-order chi connectivity index (χ1) is 14.2. The molecule has 1 aliphatic carbocycles. The standard InChI is InChI=1S/C22H26ClFN4O2/c1-14-8-9-16-6-5-7-19(21(16)26-14)28-30-13-22(3,4)12-29-27-15(2)20-18(24)10-17(23)11-25-20/h8-11H,5-7,12-13H2,1-4H3. The molecular weight excluding hydrogens is 407 g/mol. The van der Waals surface area contributed by atoms with Crippen molar-refractivity contribution in [1.82, 2.24) is 9.97 Å². The van der Waals surface area contributed by atoms with E-state index in [9.17, 15) is 4.39 Å². The highest BCUT2D eigenvalue weighted by Gasteiger charge is 2.22. The van der Waals surface area contributed by atoms with Gasteiger partial charge >= 0.3 is 0 Å². The second kappa shape index (κ2) is 9.51. The van der Waals surface area contributed by atoms with E-state index in [0.717, 1.165) is 36.4 Å². The van der Waals surface area contributed by atoms with Crippen LogP contribution in [0.25, 0.3) is 0 Å². The zero-order valence-electron chi connectivity index (χ0n) is 17.7. The summed E-state index contributed by atoms with van der Waals surface area (Å²) in [7, 11) is 0. The van der Waals surface area contributed by atoms with E-state index in [4.69, 9.17) is 21.3 Å². The van der Waals surface area contributed by atoms with E-state index in [1.807, 2.05) is 26.8 Å². The highest BCUT2D eigenvalue weighted by atomic mass is 35.5. The quantitative estimate of drug-likeness (QED) is 0.450. The number of aromatic nitrogens is 2. The van der Waals surface area contributed by atoms with Crippen LogP contribution in [0.1, 0.15) is 56.3 Å². The molecule has 0 aliphatic heterocycles. The average molecular weight is 433 g/mol. The van der Waals surface area contributed by atoms with Crippen LogP contribution in [0, 0.1) is 18.2 Å². The number of oxime groups is 2. The van der Waals surface area contributed by atoms with Crippen LogP contribution in [-0.2, 0) is 16.1 Å². The highest BCUT2D eigenvalue weighted by Crippen LogP contribution is 2.22. The third-order valence-electron chi connectivity index (χ3n) is 4.69. The van der Waals surface area contributed by atoms with Gasteiger partial charge in [0.1, 0.15) is 30.3 Å². The van der Waals surface area contributed by atoms with Crippen molar-refractivity contribution in [2.75, 3.05) is 13.2 Å². The summed E-state index contributed by atoms with van der Waals surface area (Å²) in [6, 6.07) is 5.33. The van der Waals surface area contributed by atoms with Crippen molar-refractivity contribution in [2.24, 2.45) is 15.7 Å². The topological polar surface area (TPSA) is 69.0 Å². The Bertz CT molecular complexity index is 976. The minimum Gasteiger partial charge on any atom is -0.395 e. The van der Waals surface area contributed by atoms with Gasteiger partial charge in [0.25, 0.3) is 0 Å². The Labute approximate surface area is 181 Å². The Kier molecular flexibility index (Phi) is 7.02. The molecule has 2 aromatic rings. The highest BCUT2D eigenvalue weighted by molar-refractivity contribution is 6.30. The summed E-state index contributed by atoms with van der Waals surface area (Å²) in [4.78, 5) is 19.6. The Morgan fingerprint density at radius 2 is 2.00 bits per heavy atom. The zero-order chi connectivity index (χ0) is 21.7. The number of hydrogen-bond donors (Lipinski definition) is 0. The largest absolute Gasteiger partial charge is 0.395 e. The first-order valence-electron chi connectivity index (χ1n) is 9.89. The van der Waals surface area contributed by atoms with Crippen molar-refractivity contribution in [2.45, 2.75) is 47.0 Å². The Hall–Kier alpha value is -2.54. The minimum atomic E-state index is -0.539. The Morgan fingerprint density at radius 3 is 2.77 bits per heavy atom. The molecule has 0 saturated carbocycles. The summed E-state index contributed by atoms with van der Waals surface area (Å²) in [6.45, 7) is 8.19. The number of hydrogen-bond acceptors (Lipinski definition) is 6. The minimum absolute atomic E-state index is 0.110. The lowest BCUT2D eigenvalue weighted by molar-refractivity contribution is -0.000173. The molecular formula is C22H26ClFN4O2. The van der Waals surface area contributed by atoms with Crippen molar-refractivity contribution < 1.29 is 14.1 Å². The molecule has 0 atom stereocenters. The van der Waals surface area contributed by atoms with Crippen molar-refractivity contribution in [1.29, 1.82) is 0 Å². The van der Waals surface area contributed by atoms with E-state index in [1.165, 1.54) is 17.8 Å². The third kappa shape index (κ3) is 5.75. The summed E-state index contributed by atoms with van der Waals surface area (Å²) in [5.41, 5.74) is 4.10. The van der Waals surface area contributed by atoms with Crippen LogP contribution in [-0.4, -0.2) is 34.6 Å². The van der Waals surface area contributed by atoms with Gasteiger partial charge in [0.05, 0.1) is 10.7 Å². The molecule has 0 radical (unpaired) electrons. The summed E-state index contributed by atoms with van der Waals surface area (Å²) in [5, 5.41) is 8.56. The molecule has 0 saturated heterocycles. The van der Waals surface area contributed by atoms with Gasteiger partial charge in [-0.2, -0.15) is 0 Å². The summed E-state index contributed by atoms with van der Waals surface area (Å²) < 4.78 is 13.9.